The third kappa shape index (κ3) is 5.27. The van der Waals surface area contributed by atoms with Crippen LogP contribution in [0.15, 0.2) is 35.0 Å². The van der Waals surface area contributed by atoms with E-state index in [1.165, 1.54) is 12.1 Å². The Labute approximate surface area is 166 Å². The molecule has 1 atom stereocenters. The average Bonchev–Trinajstić information content (AvgIpc) is 3.11. The maximum Gasteiger partial charge on any atom is 0.270 e. The molecule has 2 rings (SSSR count). The summed E-state index contributed by atoms with van der Waals surface area (Å²) in [4.78, 5) is 37.1. The van der Waals surface area contributed by atoms with Crippen LogP contribution in [0.4, 0.5) is 5.69 Å². The Morgan fingerprint density at radius 1 is 1.33 bits per heavy atom. The van der Waals surface area contributed by atoms with Crippen molar-refractivity contribution in [3.8, 4) is 0 Å². The molecule has 2 amide bonds. The molecule has 1 aromatic carbocycles. The first kappa shape index (κ1) is 20.9. The molecule has 1 heterocycles. The highest BCUT2D eigenvalue weighted by Crippen LogP contribution is 2.23. The van der Waals surface area contributed by atoms with Crippen molar-refractivity contribution in [1.82, 2.24) is 10.2 Å². The number of carbonyl (C=O) groups is 2. The number of nitrogens with zero attached hydrogens (tertiary/aromatic N) is 2. The van der Waals surface area contributed by atoms with E-state index in [0.717, 1.165) is 11.6 Å². The van der Waals surface area contributed by atoms with Crippen LogP contribution < -0.4 is 5.32 Å². The minimum atomic E-state index is -0.743. The highest BCUT2D eigenvalue weighted by Gasteiger charge is 2.28. The van der Waals surface area contributed by atoms with Crippen molar-refractivity contribution in [2.75, 3.05) is 7.05 Å². The standard InChI is InChI=1S/C18H20ClN3O4S/c1-11(2)16(18(24)21(3)9-12-6-7-27-10-12)20-17(23)14-5-4-13(22(25)26)8-15(14)19/h4-8,10-11,16H,9H2,1-3H3,(H,20,23). The van der Waals surface area contributed by atoms with E-state index in [9.17, 15) is 19.7 Å². The number of non-ortho nitro benzene ring substituents is 1. The molecule has 144 valence electrons. The minimum absolute atomic E-state index is 0.0386. The number of nitro benzene ring substituents is 1. The highest BCUT2D eigenvalue weighted by atomic mass is 35.5. The molecule has 7 nitrogen and oxygen atoms in total. The molecule has 0 saturated carbocycles. The van der Waals surface area contributed by atoms with Crippen LogP contribution in [-0.2, 0) is 11.3 Å². The third-order valence-electron chi connectivity index (χ3n) is 4.00. The van der Waals surface area contributed by atoms with Gasteiger partial charge in [0.25, 0.3) is 11.6 Å². The zero-order valence-electron chi connectivity index (χ0n) is 15.1. The number of thiophene rings is 1. The number of halogens is 1. The van der Waals surface area contributed by atoms with Crippen LogP contribution in [0.1, 0.15) is 29.8 Å². The van der Waals surface area contributed by atoms with Crippen molar-refractivity contribution in [1.29, 1.82) is 0 Å². The molecule has 0 radical (unpaired) electrons. The quantitative estimate of drug-likeness (QED) is 0.557. The number of hydrogen-bond acceptors (Lipinski definition) is 5. The summed E-state index contributed by atoms with van der Waals surface area (Å²) in [6.45, 7) is 4.11. The van der Waals surface area contributed by atoms with E-state index in [2.05, 4.69) is 5.32 Å². The van der Waals surface area contributed by atoms with Gasteiger partial charge >= 0.3 is 0 Å². The second kappa shape index (κ2) is 8.96. The van der Waals surface area contributed by atoms with Gasteiger partial charge in [-0.05, 0) is 34.4 Å². The number of amides is 2. The lowest BCUT2D eigenvalue weighted by atomic mass is 10.0. The summed E-state index contributed by atoms with van der Waals surface area (Å²) in [5, 5.41) is 17.4. The van der Waals surface area contributed by atoms with Gasteiger partial charge in [-0.25, -0.2) is 0 Å². The number of benzene rings is 1. The average molecular weight is 410 g/mol. The van der Waals surface area contributed by atoms with Crippen molar-refractivity contribution >= 4 is 40.4 Å². The molecule has 1 unspecified atom stereocenters. The smallest absolute Gasteiger partial charge is 0.270 e. The predicted molar refractivity (Wildman–Crippen MR) is 105 cm³/mol. The van der Waals surface area contributed by atoms with Crippen molar-refractivity contribution in [2.24, 2.45) is 5.92 Å². The van der Waals surface area contributed by atoms with E-state index in [1.807, 2.05) is 30.7 Å². The van der Waals surface area contributed by atoms with Crippen LogP contribution in [0, 0.1) is 16.0 Å². The molecule has 27 heavy (non-hydrogen) atoms. The fourth-order valence-electron chi connectivity index (χ4n) is 2.51. The second-order valence-electron chi connectivity index (χ2n) is 6.44. The molecule has 1 N–H and O–H groups in total. The van der Waals surface area contributed by atoms with Gasteiger partial charge < -0.3 is 10.2 Å². The van der Waals surface area contributed by atoms with E-state index < -0.39 is 16.9 Å². The van der Waals surface area contributed by atoms with Gasteiger partial charge in [-0.3, -0.25) is 19.7 Å². The topological polar surface area (TPSA) is 92.5 Å². The Hall–Kier alpha value is -2.45. The Morgan fingerprint density at radius 2 is 2.04 bits per heavy atom. The number of carbonyl (C=O) groups excluding carboxylic acids is 2. The zero-order chi connectivity index (χ0) is 20.1. The van der Waals surface area contributed by atoms with Crippen LogP contribution >= 0.6 is 22.9 Å². The summed E-state index contributed by atoms with van der Waals surface area (Å²) in [6, 6.07) is 4.80. The van der Waals surface area contributed by atoms with E-state index in [0.29, 0.717) is 6.54 Å². The largest absolute Gasteiger partial charge is 0.340 e. The van der Waals surface area contributed by atoms with E-state index in [4.69, 9.17) is 11.6 Å². The number of rotatable bonds is 7. The molecule has 9 heteroatoms. The Morgan fingerprint density at radius 3 is 2.56 bits per heavy atom. The van der Waals surface area contributed by atoms with Gasteiger partial charge in [-0.2, -0.15) is 11.3 Å². The summed E-state index contributed by atoms with van der Waals surface area (Å²) < 4.78 is 0. The zero-order valence-corrected chi connectivity index (χ0v) is 16.7. The molecule has 0 fully saturated rings. The summed E-state index contributed by atoms with van der Waals surface area (Å²) >= 11 is 7.56. The second-order valence-corrected chi connectivity index (χ2v) is 7.63. The van der Waals surface area contributed by atoms with E-state index in [-0.39, 0.29) is 28.1 Å². The van der Waals surface area contributed by atoms with Crippen LogP contribution in [-0.4, -0.2) is 34.7 Å². The predicted octanol–water partition coefficient (Wildman–Crippen LogP) is 3.72. The number of hydrogen-bond donors (Lipinski definition) is 1. The van der Waals surface area contributed by atoms with Crippen molar-refractivity contribution in [3.63, 3.8) is 0 Å². The van der Waals surface area contributed by atoms with Crippen LogP contribution in [0.2, 0.25) is 5.02 Å². The monoisotopic (exact) mass is 409 g/mol. The maximum atomic E-state index is 12.8. The van der Waals surface area contributed by atoms with Crippen molar-refractivity contribution < 1.29 is 14.5 Å². The van der Waals surface area contributed by atoms with Gasteiger partial charge in [0.1, 0.15) is 6.04 Å². The summed E-state index contributed by atoms with van der Waals surface area (Å²) in [6.07, 6.45) is 0. The maximum absolute atomic E-state index is 12.8. The van der Waals surface area contributed by atoms with E-state index >= 15 is 0 Å². The summed E-state index contributed by atoms with van der Waals surface area (Å²) in [5.74, 6) is -0.920. The van der Waals surface area contributed by atoms with Crippen LogP contribution in [0.25, 0.3) is 0 Å². The molecular weight excluding hydrogens is 390 g/mol. The van der Waals surface area contributed by atoms with Crippen LogP contribution in [0.3, 0.4) is 0 Å². The minimum Gasteiger partial charge on any atom is -0.340 e. The molecule has 0 spiro atoms. The lowest BCUT2D eigenvalue weighted by Crippen LogP contribution is -2.50. The number of likely N-dealkylation sites (N-methyl/N-ethyl adjacent to an activating group) is 1. The number of nitrogens with one attached hydrogen (secondary N) is 1. The lowest BCUT2D eigenvalue weighted by Gasteiger charge is -2.27. The Bertz CT molecular complexity index is 839. The first-order chi connectivity index (χ1) is 12.7. The molecule has 0 aliphatic rings. The van der Waals surface area contributed by atoms with Gasteiger partial charge in [-0.1, -0.05) is 25.4 Å². The third-order valence-corrected chi connectivity index (χ3v) is 5.05. The normalized spacial score (nSPS) is 11.9. The van der Waals surface area contributed by atoms with Gasteiger partial charge in [0.15, 0.2) is 0 Å². The first-order valence-electron chi connectivity index (χ1n) is 8.21. The summed E-state index contributed by atoms with van der Waals surface area (Å²) in [5.41, 5.74) is 0.896. The lowest BCUT2D eigenvalue weighted by molar-refractivity contribution is -0.384. The van der Waals surface area contributed by atoms with Crippen molar-refractivity contribution in [2.45, 2.75) is 26.4 Å². The fraction of sp³-hybridized carbons (Fsp3) is 0.333. The van der Waals surface area contributed by atoms with Crippen LogP contribution in [0.5, 0.6) is 0 Å². The molecule has 1 aromatic heterocycles. The van der Waals surface area contributed by atoms with Gasteiger partial charge in [0.05, 0.1) is 15.5 Å². The highest BCUT2D eigenvalue weighted by molar-refractivity contribution is 7.07. The molecule has 0 bridgehead atoms. The van der Waals surface area contributed by atoms with Gasteiger partial charge in [0, 0.05) is 25.7 Å². The van der Waals surface area contributed by atoms with Gasteiger partial charge in [0.2, 0.25) is 5.91 Å². The molecule has 0 aliphatic carbocycles. The molecule has 0 aliphatic heterocycles. The fourth-order valence-corrected chi connectivity index (χ4v) is 3.43. The number of nitro groups is 1. The Balaban J connectivity index is 2.14. The van der Waals surface area contributed by atoms with Gasteiger partial charge in [-0.15, -0.1) is 0 Å². The SMILES string of the molecule is CC(C)C(NC(=O)c1ccc([N+](=O)[O-])cc1Cl)C(=O)N(C)Cc1ccsc1. The Kier molecular flexibility index (Phi) is 6.92. The van der Waals surface area contributed by atoms with E-state index in [1.54, 1.807) is 23.3 Å². The van der Waals surface area contributed by atoms with Crippen molar-refractivity contribution in [3.05, 3.63) is 61.3 Å². The molecule has 0 saturated heterocycles. The summed E-state index contributed by atoms with van der Waals surface area (Å²) in [7, 11) is 1.68. The molecular formula is C18H20ClN3O4S. The first-order valence-corrected chi connectivity index (χ1v) is 9.53. The molecule has 2 aromatic rings.